The predicted octanol–water partition coefficient (Wildman–Crippen LogP) is 1.38. The normalized spacial score (nSPS) is 12.1. The van der Waals surface area contributed by atoms with Crippen LogP contribution in [-0.4, -0.2) is 51.1 Å². The second-order valence-corrected chi connectivity index (χ2v) is 5.91. The van der Waals surface area contributed by atoms with Crippen molar-refractivity contribution in [1.82, 2.24) is 10.6 Å². The highest BCUT2D eigenvalue weighted by molar-refractivity contribution is 5.81. The second-order valence-electron chi connectivity index (χ2n) is 5.91. The van der Waals surface area contributed by atoms with Crippen molar-refractivity contribution in [1.29, 1.82) is 0 Å². The zero-order valence-electron chi connectivity index (χ0n) is 14.9. The molecule has 0 aromatic carbocycles. The molecule has 6 nitrogen and oxygen atoms in total. The van der Waals surface area contributed by atoms with Gasteiger partial charge in [0.1, 0.15) is 5.78 Å². The van der Waals surface area contributed by atoms with Gasteiger partial charge in [-0.15, -0.1) is 0 Å². The lowest BCUT2D eigenvalue weighted by Gasteiger charge is -2.15. The maximum absolute atomic E-state index is 11.6. The molecular weight excluding hydrogens is 294 g/mol. The molecule has 0 aliphatic heterocycles. The monoisotopic (exact) mass is 329 g/mol. The van der Waals surface area contributed by atoms with E-state index in [2.05, 4.69) is 10.6 Å². The van der Waals surface area contributed by atoms with E-state index in [0.717, 1.165) is 58.1 Å². The molecule has 0 aliphatic carbocycles. The van der Waals surface area contributed by atoms with E-state index >= 15 is 0 Å². The number of ketones is 1. The Hall–Kier alpha value is -0.980. The minimum absolute atomic E-state index is 0.0715. The summed E-state index contributed by atoms with van der Waals surface area (Å²) >= 11 is 0. The number of rotatable bonds is 16. The van der Waals surface area contributed by atoms with Crippen molar-refractivity contribution in [3.63, 3.8) is 0 Å². The fourth-order valence-electron chi connectivity index (χ4n) is 2.32. The lowest BCUT2D eigenvalue weighted by Crippen LogP contribution is -2.36. The van der Waals surface area contributed by atoms with Crippen LogP contribution in [0.2, 0.25) is 0 Å². The summed E-state index contributed by atoms with van der Waals surface area (Å²) in [7, 11) is 1.70. The Labute approximate surface area is 140 Å². The van der Waals surface area contributed by atoms with E-state index in [4.69, 9.17) is 10.5 Å². The maximum Gasteiger partial charge on any atom is 0.219 e. The number of hydrogen-bond donors (Lipinski definition) is 3. The van der Waals surface area contributed by atoms with Gasteiger partial charge < -0.3 is 21.1 Å². The summed E-state index contributed by atoms with van der Waals surface area (Å²) in [4.78, 5) is 23.1. The highest BCUT2D eigenvalue weighted by atomic mass is 16.5. The molecule has 23 heavy (non-hydrogen) atoms. The van der Waals surface area contributed by atoms with Crippen molar-refractivity contribution in [3.05, 3.63) is 0 Å². The van der Waals surface area contributed by atoms with Crippen molar-refractivity contribution in [2.45, 2.75) is 64.3 Å². The third-order valence-electron chi connectivity index (χ3n) is 3.76. The van der Waals surface area contributed by atoms with Crippen molar-refractivity contribution in [2.75, 3.05) is 33.4 Å². The van der Waals surface area contributed by atoms with Gasteiger partial charge in [-0.2, -0.15) is 0 Å². The van der Waals surface area contributed by atoms with Crippen LogP contribution in [0.15, 0.2) is 0 Å². The topological polar surface area (TPSA) is 93.4 Å². The molecule has 1 atom stereocenters. The van der Waals surface area contributed by atoms with Gasteiger partial charge >= 0.3 is 0 Å². The number of ether oxygens (including phenoxy) is 1. The number of methoxy groups -OCH3 is 1. The van der Waals surface area contributed by atoms with E-state index < -0.39 is 0 Å². The molecule has 0 radical (unpaired) electrons. The molecule has 0 spiro atoms. The predicted molar refractivity (Wildman–Crippen MR) is 93.3 cm³/mol. The average Bonchev–Trinajstić information content (AvgIpc) is 2.52. The first-order chi connectivity index (χ1) is 11.1. The summed E-state index contributed by atoms with van der Waals surface area (Å²) in [5.41, 5.74) is 5.39. The van der Waals surface area contributed by atoms with Crippen LogP contribution >= 0.6 is 0 Å². The molecule has 0 heterocycles. The van der Waals surface area contributed by atoms with Crippen molar-refractivity contribution >= 4 is 11.7 Å². The van der Waals surface area contributed by atoms with Crippen LogP contribution in [0.1, 0.15) is 58.3 Å². The number of nitrogens with one attached hydrogen (secondary N) is 2. The van der Waals surface area contributed by atoms with E-state index in [1.807, 2.05) is 0 Å². The Balaban J connectivity index is 3.64. The highest BCUT2D eigenvalue weighted by Crippen LogP contribution is 2.03. The minimum Gasteiger partial charge on any atom is -0.385 e. The van der Waals surface area contributed by atoms with Crippen LogP contribution in [-0.2, 0) is 14.3 Å². The maximum atomic E-state index is 11.6. The Morgan fingerprint density at radius 1 is 1.04 bits per heavy atom. The first kappa shape index (κ1) is 22.0. The van der Waals surface area contributed by atoms with E-state index in [0.29, 0.717) is 19.5 Å². The van der Waals surface area contributed by atoms with Gasteiger partial charge in [0.2, 0.25) is 5.91 Å². The quantitative estimate of drug-likeness (QED) is 0.372. The zero-order chi connectivity index (χ0) is 17.3. The van der Waals surface area contributed by atoms with Crippen LogP contribution in [0.4, 0.5) is 0 Å². The summed E-state index contributed by atoms with van der Waals surface area (Å²) in [6, 6.07) is -0.0715. The molecule has 0 saturated carbocycles. The molecule has 0 fully saturated rings. The molecule has 4 N–H and O–H groups in total. The molecule has 0 aromatic rings. The summed E-state index contributed by atoms with van der Waals surface area (Å²) < 4.78 is 5.00. The van der Waals surface area contributed by atoms with Crippen LogP contribution < -0.4 is 16.4 Å². The summed E-state index contributed by atoms with van der Waals surface area (Å²) in [5, 5.41) is 6.22. The van der Waals surface area contributed by atoms with Crippen LogP contribution in [0.25, 0.3) is 0 Å². The third-order valence-corrected chi connectivity index (χ3v) is 3.76. The fraction of sp³-hybridized carbons (Fsp3) is 0.882. The first-order valence-electron chi connectivity index (χ1n) is 8.81. The van der Waals surface area contributed by atoms with E-state index in [-0.39, 0.29) is 17.7 Å². The second kappa shape index (κ2) is 15.9. The molecule has 0 aliphatic rings. The van der Waals surface area contributed by atoms with Crippen molar-refractivity contribution in [2.24, 2.45) is 5.73 Å². The Kier molecular flexibility index (Phi) is 15.2. The number of amides is 1. The molecule has 0 saturated heterocycles. The SMILES string of the molecule is COCCCCNC(CCCCNC(=O)CCCCN)C(C)=O. The molecule has 0 rings (SSSR count). The number of Topliss-reactive ketones (excluding diaryl/α,β-unsaturated/α-hetero) is 1. The number of nitrogens with two attached hydrogens (primary N) is 1. The van der Waals surface area contributed by atoms with Gasteiger partial charge in [-0.3, -0.25) is 9.59 Å². The van der Waals surface area contributed by atoms with Gasteiger partial charge in [0.25, 0.3) is 0 Å². The van der Waals surface area contributed by atoms with Crippen molar-refractivity contribution in [3.8, 4) is 0 Å². The number of hydrogen-bond acceptors (Lipinski definition) is 5. The average molecular weight is 329 g/mol. The van der Waals surface area contributed by atoms with Gasteiger partial charge in [0.05, 0.1) is 6.04 Å². The minimum atomic E-state index is -0.0715. The van der Waals surface area contributed by atoms with Crippen LogP contribution in [0.3, 0.4) is 0 Å². The number of carbonyl (C=O) groups is 2. The molecule has 6 heteroatoms. The van der Waals surface area contributed by atoms with Crippen LogP contribution in [0.5, 0.6) is 0 Å². The Bertz CT molecular complexity index is 311. The van der Waals surface area contributed by atoms with Crippen molar-refractivity contribution < 1.29 is 14.3 Å². The summed E-state index contributed by atoms with van der Waals surface area (Å²) in [6.07, 6.45) is 6.96. The standard InChI is InChI=1S/C17H35N3O3/c1-15(21)16(19-12-7-8-14-23-2)9-4-6-13-20-17(22)10-3-5-11-18/h16,19H,3-14,18H2,1-2H3,(H,20,22). The Morgan fingerprint density at radius 3 is 2.43 bits per heavy atom. The van der Waals surface area contributed by atoms with E-state index in [1.165, 1.54) is 0 Å². The molecule has 136 valence electrons. The first-order valence-corrected chi connectivity index (χ1v) is 8.81. The molecule has 0 aromatic heterocycles. The highest BCUT2D eigenvalue weighted by Gasteiger charge is 2.12. The van der Waals surface area contributed by atoms with Gasteiger partial charge in [0.15, 0.2) is 0 Å². The zero-order valence-corrected chi connectivity index (χ0v) is 14.9. The molecule has 1 amide bonds. The lowest BCUT2D eigenvalue weighted by molar-refractivity contribution is -0.121. The smallest absolute Gasteiger partial charge is 0.219 e. The fourth-order valence-corrected chi connectivity index (χ4v) is 2.32. The Morgan fingerprint density at radius 2 is 1.78 bits per heavy atom. The van der Waals surface area contributed by atoms with Crippen LogP contribution in [0, 0.1) is 0 Å². The molecular formula is C17H35N3O3. The number of unbranched alkanes of at least 4 members (excludes halogenated alkanes) is 3. The van der Waals surface area contributed by atoms with Gasteiger partial charge in [0, 0.05) is 26.7 Å². The van der Waals surface area contributed by atoms with E-state index in [1.54, 1.807) is 14.0 Å². The van der Waals surface area contributed by atoms with Gasteiger partial charge in [-0.1, -0.05) is 0 Å². The van der Waals surface area contributed by atoms with Gasteiger partial charge in [-0.05, 0) is 65.0 Å². The van der Waals surface area contributed by atoms with E-state index in [9.17, 15) is 9.59 Å². The summed E-state index contributed by atoms with van der Waals surface area (Å²) in [6.45, 7) is 4.55. The lowest BCUT2D eigenvalue weighted by atomic mass is 10.1. The van der Waals surface area contributed by atoms with Gasteiger partial charge in [-0.25, -0.2) is 0 Å². The summed E-state index contributed by atoms with van der Waals surface area (Å²) in [5.74, 6) is 0.278. The largest absolute Gasteiger partial charge is 0.385 e. The third kappa shape index (κ3) is 14.3. The molecule has 1 unspecified atom stereocenters. The molecule has 0 bridgehead atoms. The number of carbonyl (C=O) groups excluding carboxylic acids is 2.